The predicted molar refractivity (Wildman–Crippen MR) is 133 cm³/mol. The molecule has 1 unspecified atom stereocenters. The maximum absolute atomic E-state index is 11.9. The number of amides is 1. The minimum atomic E-state index is -0.979. The number of ether oxygens (including phenoxy) is 2. The minimum Gasteiger partial charge on any atom is -0.496 e. The Hall–Kier alpha value is -2.59. The topological polar surface area (TPSA) is 108 Å². The van der Waals surface area contributed by atoms with Gasteiger partial charge in [0.2, 0.25) is 0 Å². The van der Waals surface area contributed by atoms with Crippen LogP contribution in [-0.2, 0) is 20.9 Å². The van der Waals surface area contributed by atoms with Crippen LogP contribution in [-0.4, -0.2) is 52.4 Å². The number of aliphatic hydroxyl groups is 1. The van der Waals surface area contributed by atoms with E-state index < -0.39 is 28.9 Å². The van der Waals surface area contributed by atoms with Crippen LogP contribution in [0.1, 0.15) is 62.3 Å². The van der Waals surface area contributed by atoms with Crippen LogP contribution in [0.15, 0.2) is 47.4 Å². The first-order valence-corrected chi connectivity index (χ1v) is 12.7. The quantitative estimate of drug-likeness (QED) is 0.367. The van der Waals surface area contributed by atoms with Gasteiger partial charge in [0.25, 0.3) is 0 Å². The molecule has 0 saturated carbocycles. The third-order valence-corrected chi connectivity index (χ3v) is 7.88. The van der Waals surface area contributed by atoms with Crippen LogP contribution in [0.4, 0.5) is 0 Å². The maximum Gasteiger partial charge on any atom is 0.396 e. The first-order chi connectivity index (χ1) is 16.8. The summed E-state index contributed by atoms with van der Waals surface area (Å²) in [6.45, 7) is 4.11. The molecule has 3 N–H and O–H groups in total. The molecule has 3 rings (SSSR count). The van der Waals surface area contributed by atoms with Gasteiger partial charge in [-0.05, 0) is 36.1 Å². The van der Waals surface area contributed by atoms with Gasteiger partial charge in [0.15, 0.2) is 0 Å². The van der Waals surface area contributed by atoms with Crippen molar-refractivity contribution in [1.29, 1.82) is 0 Å². The molecule has 1 heterocycles. The molecule has 2 aromatic carbocycles. The maximum atomic E-state index is 11.9. The van der Waals surface area contributed by atoms with Crippen LogP contribution in [0, 0.1) is 0 Å². The van der Waals surface area contributed by atoms with E-state index in [-0.39, 0.29) is 6.54 Å². The number of carbonyl (C=O) groups excluding carboxylic acids is 2. The number of rotatable bonds is 8. The number of nitrogens with zero attached hydrogens (tertiary/aromatic N) is 1. The van der Waals surface area contributed by atoms with Crippen molar-refractivity contribution in [1.82, 2.24) is 10.4 Å². The fourth-order valence-electron chi connectivity index (χ4n) is 4.52. The van der Waals surface area contributed by atoms with Crippen LogP contribution >= 0.6 is 11.8 Å². The number of hydrogen-bond acceptors (Lipinski definition) is 8. The summed E-state index contributed by atoms with van der Waals surface area (Å²) in [5.74, 6) is -1.34. The third-order valence-electron chi connectivity index (χ3n) is 6.61. The molecule has 3 atom stereocenters. The summed E-state index contributed by atoms with van der Waals surface area (Å²) in [5, 5.41) is 27.1. The summed E-state index contributed by atoms with van der Waals surface area (Å²) in [6, 6.07) is 12.8. The molecule has 1 aliphatic rings. The van der Waals surface area contributed by atoms with Crippen LogP contribution in [0.25, 0.3) is 0 Å². The Morgan fingerprint density at radius 1 is 1.17 bits per heavy atom. The minimum absolute atomic E-state index is 0.0363. The summed E-state index contributed by atoms with van der Waals surface area (Å²) < 4.78 is 10.1. The van der Waals surface area contributed by atoms with E-state index in [4.69, 9.17) is 4.74 Å². The van der Waals surface area contributed by atoms with Gasteiger partial charge in [-0.2, -0.15) is 5.06 Å². The van der Waals surface area contributed by atoms with Crippen LogP contribution in [0.2, 0.25) is 0 Å². The molecule has 0 radical (unpaired) electrons. The van der Waals surface area contributed by atoms with Crippen molar-refractivity contribution < 1.29 is 29.4 Å². The number of nitrogens with one attached hydrogen (secondary N) is 1. The Morgan fingerprint density at radius 2 is 1.89 bits per heavy atom. The molecule has 0 bridgehead atoms. The molecule has 0 saturated heterocycles. The van der Waals surface area contributed by atoms with Crippen molar-refractivity contribution in [3.8, 4) is 5.75 Å². The van der Waals surface area contributed by atoms with E-state index in [9.17, 15) is 19.9 Å². The lowest BCUT2D eigenvalue weighted by Gasteiger charge is -2.44. The molecular weight excluding hydrogens is 468 g/mol. The lowest BCUT2D eigenvalue weighted by atomic mass is 9.86. The number of esters is 1. The van der Waals surface area contributed by atoms with Crippen LogP contribution < -0.4 is 10.1 Å². The van der Waals surface area contributed by atoms with Gasteiger partial charge in [-0.3, -0.25) is 4.79 Å². The molecule has 1 amide bonds. The molecule has 190 valence electrons. The molecule has 0 aliphatic carbocycles. The van der Waals surface area contributed by atoms with Gasteiger partial charge in [0.1, 0.15) is 11.2 Å². The van der Waals surface area contributed by atoms with Crippen LogP contribution in [0.3, 0.4) is 0 Å². The van der Waals surface area contributed by atoms with E-state index in [2.05, 4.69) is 17.0 Å². The SMILES string of the molecule is CCCC[C@]1(CC)C(O)Sc2cc(CNC(=O)C(=O)OC)c(OC)cc2[C@@H](c2ccccc2)N1O. The molecule has 35 heavy (non-hydrogen) atoms. The molecule has 8 nitrogen and oxygen atoms in total. The second-order valence-corrected chi connectivity index (χ2v) is 9.69. The highest BCUT2D eigenvalue weighted by molar-refractivity contribution is 7.99. The first kappa shape index (κ1) is 27.0. The number of hydroxylamine groups is 2. The van der Waals surface area contributed by atoms with Gasteiger partial charge < -0.3 is 25.1 Å². The number of carbonyl (C=O) groups is 2. The first-order valence-electron chi connectivity index (χ1n) is 11.8. The Balaban J connectivity index is 2.13. The zero-order valence-electron chi connectivity index (χ0n) is 20.6. The molecule has 9 heteroatoms. The molecular formula is C26H34N2O6S. The highest BCUT2D eigenvalue weighted by atomic mass is 32.2. The highest BCUT2D eigenvalue weighted by Crippen LogP contribution is 2.50. The second kappa shape index (κ2) is 11.9. The third kappa shape index (κ3) is 5.48. The van der Waals surface area contributed by atoms with E-state index in [0.29, 0.717) is 24.2 Å². The second-order valence-electron chi connectivity index (χ2n) is 8.56. The average Bonchev–Trinajstić information content (AvgIpc) is 2.96. The van der Waals surface area contributed by atoms with Crippen molar-refractivity contribution in [2.45, 2.75) is 68.0 Å². The standard InChI is InChI=1S/C26H34N2O6S/c1-5-7-13-26(6-2)25(31)35-21-14-18(16-27-23(29)24(30)34-4)20(33-3)15-19(21)22(28(26)32)17-11-9-8-10-12-17/h8-12,14-15,22,25,31-32H,5-7,13,16H2,1-4H3,(H,27,29)/t22-,25?,26-/m1/s1. The summed E-state index contributed by atoms with van der Waals surface area (Å²) in [4.78, 5) is 24.2. The normalized spacial score (nSPS) is 22.1. The lowest BCUT2D eigenvalue weighted by molar-refractivity contribution is -0.217. The van der Waals surface area contributed by atoms with E-state index in [1.54, 1.807) is 0 Å². The Bertz CT molecular complexity index is 1030. The molecule has 2 aromatic rings. The Labute approximate surface area is 210 Å². The number of unbranched alkanes of at least 4 members (excludes halogenated alkanes) is 1. The molecule has 0 aromatic heterocycles. The molecule has 0 spiro atoms. The van der Waals surface area contributed by atoms with Crippen molar-refractivity contribution in [3.05, 3.63) is 59.2 Å². The summed E-state index contributed by atoms with van der Waals surface area (Å²) >= 11 is 1.29. The smallest absolute Gasteiger partial charge is 0.396 e. The van der Waals surface area contributed by atoms with Gasteiger partial charge >= 0.3 is 11.9 Å². The van der Waals surface area contributed by atoms with Crippen molar-refractivity contribution >= 4 is 23.6 Å². The Kier molecular flexibility index (Phi) is 9.18. The van der Waals surface area contributed by atoms with Gasteiger partial charge in [-0.15, -0.1) is 0 Å². The number of hydrogen-bond donors (Lipinski definition) is 3. The van der Waals surface area contributed by atoms with Crippen molar-refractivity contribution in [3.63, 3.8) is 0 Å². The van der Waals surface area contributed by atoms with E-state index >= 15 is 0 Å². The Morgan fingerprint density at radius 3 is 2.49 bits per heavy atom. The van der Waals surface area contributed by atoms with E-state index in [1.165, 1.54) is 23.9 Å². The van der Waals surface area contributed by atoms with Crippen LogP contribution in [0.5, 0.6) is 5.75 Å². The fourth-order valence-corrected chi connectivity index (χ4v) is 5.89. The zero-order valence-corrected chi connectivity index (χ0v) is 21.4. The molecule has 1 aliphatic heterocycles. The van der Waals surface area contributed by atoms with E-state index in [1.807, 2.05) is 49.4 Å². The number of methoxy groups -OCH3 is 2. The lowest BCUT2D eigenvalue weighted by Crippen LogP contribution is -2.54. The number of aliphatic hydroxyl groups excluding tert-OH is 1. The molecule has 0 fully saturated rings. The fraction of sp³-hybridized carbons (Fsp3) is 0.462. The predicted octanol–water partition coefficient (Wildman–Crippen LogP) is 4.03. The summed E-state index contributed by atoms with van der Waals surface area (Å²) in [5.41, 5.74) is 0.537. The monoisotopic (exact) mass is 502 g/mol. The van der Waals surface area contributed by atoms with Gasteiger partial charge in [0, 0.05) is 17.0 Å². The van der Waals surface area contributed by atoms with Crippen molar-refractivity contribution in [2.75, 3.05) is 14.2 Å². The number of fused-ring (bicyclic) bond motifs is 1. The highest BCUT2D eigenvalue weighted by Gasteiger charge is 2.48. The van der Waals surface area contributed by atoms with Gasteiger partial charge in [-0.25, -0.2) is 4.79 Å². The summed E-state index contributed by atoms with van der Waals surface area (Å²) in [6.07, 6.45) is 2.97. The van der Waals surface area contributed by atoms with Crippen molar-refractivity contribution in [2.24, 2.45) is 0 Å². The van der Waals surface area contributed by atoms with Gasteiger partial charge in [-0.1, -0.05) is 68.8 Å². The summed E-state index contributed by atoms with van der Waals surface area (Å²) in [7, 11) is 2.67. The number of thioether (sulfide) groups is 1. The average molecular weight is 503 g/mol. The number of benzene rings is 2. The zero-order chi connectivity index (χ0) is 25.6. The van der Waals surface area contributed by atoms with Gasteiger partial charge in [0.05, 0.1) is 25.8 Å². The largest absolute Gasteiger partial charge is 0.496 e. The van der Waals surface area contributed by atoms with E-state index in [0.717, 1.165) is 36.0 Å².